The molecular weight excluding hydrogens is 649 g/mol. The molecule has 2 aliphatic heterocycles. The van der Waals surface area contributed by atoms with Gasteiger partial charge in [-0.15, -0.1) is 0 Å². The van der Waals surface area contributed by atoms with Crippen molar-refractivity contribution in [3.63, 3.8) is 0 Å². The van der Waals surface area contributed by atoms with Gasteiger partial charge in [0.25, 0.3) is 5.91 Å². The van der Waals surface area contributed by atoms with Gasteiger partial charge < -0.3 is 24.6 Å². The third-order valence-electron chi connectivity index (χ3n) is 8.98. The summed E-state index contributed by atoms with van der Waals surface area (Å²) in [5, 5.41) is 3.67. The van der Waals surface area contributed by atoms with Gasteiger partial charge in [-0.2, -0.15) is 0 Å². The Hall–Kier alpha value is -3.69. The molecule has 9 heteroatoms. The fraction of sp³-hybridized carbons (Fsp3) is 0.405. The molecule has 0 radical (unpaired) electrons. The molecule has 0 spiro atoms. The second kappa shape index (κ2) is 14.4. The largest absolute Gasteiger partial charge is 0.492 e. The molecule has 1 unspecified atom stereocenters. The highest BCUT2D eigenvalue weighted by molar-refractivity contribution is 9.10. The van der Waals surface area contributed by atoms with Crippen LogP contribution in [0.1, 0.15) is 49.3 Å². The summed E-state index contributed by atoms with van der Waals surface area (Å²) in [6.45, 7) is 6.15. The first-order chi connectivity index (χ1) is 22.2. The first-order valence-corrected chi connectivity index (χ1v) is 17.0. The average Bonchev–Trinajstić information content (AvgIpc) is 3.88. The molecular formula is C37H41BrFN3O4. The van der Waals surface area contributed by atoms with Crippen LogP contribution in [0, 0.1) is 12.7 Å². The number of ether oxygens (including phenoxy) is 2. The molecule has 2 heterocycles. The first kappa shape index (κ1) is 32.3. The normalized spacial score (nSPS) is 19.2. The van der Waals surface area contributed by atoms with Crippen LogP contribution in [0.15, 0.2) is 76.8 Å². The van der Waals surface area contributed by atoms with Crippen LogP contribution in [0.25, 0.3) is 5.57 Å². The Morgan fingerprint density at radius 3 is 2.57 bits per heavy atom. The summed E-state index contributed by atoms with van der Waals surface area (Å²) in [5.41, 5.74) is 5.19. The summed E-state index contributed by atoms with van der Waals surface area (Å²) in [4.78, 5) is 30.7. The SMILES string of the molecule is CC(=O)N1CC2CC(c3ccc(CCCOc4cc(F)ccc4Br)cc3)=C(C(=O)N(CCOc3cccc(C)c3)C3CC3)[C@@H](C1)N2. The highest BCUT2D eigenvalue weighted by Crippen LogP contribution is 2.37. The number of nitrogens with one attached hydrogen (secondary N) is 1. The summed E-state index contributed by atoms with van der Waals surface area (Å²) in [5.74, 6) is 1.06. The number of rotatable bonds is 12. The zero-order chi connectivity index (χ0) is 32.2. The van der Waals surface area contributed by atoms with Crippen molar-refractivity contribution in [2.45, 2.75) is 64.1 Å². The van der Waals surface area contributed by atoms with Crippen LogP contribution in [0.5, 0.6) is 11.5 Å². The minimum atomic E-state index is -0.326. The Morgan fingerprint density at radius 1 is 1.02 bits per heavy atom. The quantitative estimate of drug-likeness (QED) is 0.225. The molecule has 6 rings (SSSR count). The van der Waals surface area contributed by atoms with Crippen molar-refractivity contribution in [3.05, 3.63) is 99.3 Å². The maximum Gasteiger partial charge on any atom is 0.252 e. The van der Waals surface area contributed by atoms with Crippen LogP contribution < -0.4 is 14.8 Å². The minimum Gasteiger partial charge on any atom is -0.492 e. The lowest BCUT2D eigenvalue weighted by Crippen LogP contribution is -2.62. The monoisotopic (exact) mass is 689 g/mol. The number of fused-ring (bicyclic) bond motifs is 2. The smallest absolute Gasteiger partial charge is 0.252 e. The second-order valence-corrected chi connectivity index (χ2v) is 13.4. The highest BCUT2D eigenvalue weighted by Gasteiger charge is 2.42. The lowest BCUT2D eigenvalue weighted by Gasteiger charge is -2.44. The van der Waals surface area contributed by atoms with Gasteiger partial charge in [-0.25, -0.2) is 4.39 Å². The summed E-state index contributed by atoms with van der Waals surface area (Å²) < 4.78 is 26.2. The summed E-state index contributed by atoms with van der Waals surface area (Å²) in [6.07, 6.45) is 4.26. The average molecular weight is 691 g/mol. The molecule has 0 aromatic heterocycles. The van der Waals surface area contributed by atoms with Crippen molar-refractivity contribution in [2.75, 3.05) is 32.8 Å². The van der Waals surface area contributed by atoms with Gasteiger partial charge in [0.2, 0.25) is 5.91 Å². The lowest BCUT2D eigenvalue weighted by molar-refractivity contribution is -0.132. The fourth-order valence-electron chi connectivity index (χ4n) is 6.50. The number of carbonyl (C=O) groups is 2. The number of benzene rings is 3. The van der Waals surface area contributed by atoms with Crippen molar-refractivity contribution in [1.82, 2.24) is 15.1 Å². The number of piperazine rings is 1. The number of carbonyl (C=O) groups excluding carboxylic acids is 2. The Balaban J connectivity index is 1.18. The van der Waals surface area contributed by atoms with E-state index >= 15 is 0 Å². The van der Waals surface area contributed by atoms with Crippen LogP contribution in [0.3, 0.4) is 0 Å². The van der Waals surface area contributed by atoms with Crippen molar-refractivity contribution in [1.29, 1.82) is 0 Å². The van der Waals surface area contributed by atoms with Gasteiger partial charge in [-0.05, 0) is 101 Å². The molecule has 3 aromatic carbocycles. The number of halogens is 2. The molecule has 3 aromatic rings. The van der Waals surface area contributed by atoms with E-state index in [1.807, 2.05) is 41.0 Å². The predicted octanol–water partition coefficient (Wildman–Crippen LogP) is 6.32. The van der Waals surface area contributed by atoms with E-state index < -0.39 is 0 Å². The topological polar surface area (TPSA) is 71.1 Å². The van der Waals surface area contributed by atoms with Crippen molar-refractivity contribution in [3.8, 4) is 11.5 Å². The molecule has 2 bridgehead atoms. The molecule has 1 saturated carbocycles. The van der Waals surface area contributed by atoms with Gasteiger partial charge in [0.05, 0.1) is 23.7 Å². The van der Waals surface area contributed by atoms with Crippen LogP contribution >= 0.6 is 15.9 Å². The number of amides is 2. The van der Waals surface area contributed by atoms with Crippen LogP contribution in [0.2, 0.25) is 0 Å². The van der Waals surface area contributed by atoms with E-state index in [2.05, 4.69) is 45.5 Å². The molecule has 2 atom stereocenters. The molecule has 1 N–H and O–H groups in total. The van der Waals surface area contributed by atoms with Crippen molar-refractivity contribution < 1.29 is 23.5 Å². The summed E-state index contributed by atoms with van der Waals surface area (Å²) in [6, 6.07) is 21.0. The fourth-order valence-corrected chi connectivity index (χ4v) is 6.86. The Labute approximate surface area is 278 Å². The predicted molar refractivity (Wildman–Crippen MR) is 180 cm³/mol. The molecule has 3 aliphatic rings. The molecule has 2 amide bonds. The third-order valence-corrected chi connectivity index (χ3v) is 9.64. The van der Waals surface area contributed by atoms with Crippen molar-refractivity contribution >= 4 is 33.3 Å². The van der Waals surface area contributed by atoms with Crippen molar-refractivity contribution in [2.24, 2.45) is 0 Å². The molecule has 7 nitrogen and oxygen atoms in total. The molecule has 242 valence electrons. The van der Waals surface area contributed by atoms with E-state index in [-0.39, 0.29) is 35.8 Å². The van der Waals surface area contributed by atoms with Crippen LogP contribution in [0.4, 0.5) is 4.39 Å². The van der Waals surface area contributed by atoms with E-state index in [4.69, 9.17) is 9.47 Å². The first-order valence-electron chi connectivity index (χ1n) is 16.2. The van der Waals surface area contributed by atoms with E-state index in [9.17, 15) is 14.0 Å². The van der Waals surface area contributed by atoms with E-state index in [1.54, 1.807) is 13.0 Å². The van der Waals surface area contributed by atoms with E-state index in [0.717, 1.165) is 58.2 Å². The highest BCUT2D eigenvalue weighted by atomic mass is 79.9. The van der Waals surface area contributed by atoms with E-state index in [1.165, 1.54) is 17.7 Å². The molecule has 46 heavy (non-hydrogen) atoms. The van der Waals surface area contributed by atoms with Gasteiger partial charge >= 0.3 is 0 Å². The minimum absolute atomic E-state index is 0.0374. The molecule has 2 fully saturated rings. The van der Waals surface area contributed by atoms with Gasteiger partial charge in [0.15, 0.2) is 0 Å². The van der Waals surface area contributed by atoms with E-state index in [0.29, 0.717) is 45.0 Å². The van der Waals surface area contributed by atoms with Gasteiger partial charge in [-0.1, -0.05) is 36.4 Å². The van der Waals surface area contributed by atoms with Gasteiger partial charge in [-0.3, -0.25) is 9.59 Å². The Morgan fingerprint density at radius 2 is 1.83 bits per heavy atom. The van der Waals surface area contributed by atoms with Crippen LogP contribution in [-0.2, 0) is 16.0 Å². The molecule has 1 aliphatic carbocycles. The standard InChI is InChI=1S/C37H41BrFN3O4/c1-24-5-3-7-31(19-24)45-18-16-42(30-13-14-30)37(44)36-32(21-29-22-41(25(2)43)23-34(36)40-29)27-10-8-26(9-11-27)6-4-17-46-35-20-28(39)12-15-33(35)38/h3,5,7-12,15,19-20,29-30,34,40H,4,6,13-14,16-18,21-23H2,1-2H3/t29?,34-/m1/s1. The van der Waals surface area contributed by atoms with Gasteiger partial charge in [0.1, 0.15) is 23.9 Å². The summed E-state index contributed by atoms with van der Waals surface area (Å²) >= 11 is 3.41. The Bertz CT molecular complexity index is 1610. The lowest BCUT2D eigenvalue weighted by atomic mass is 9.82. The van der Waals surface area contributed by atoms with Crippen LogP contribution in [-0.4, -0.2) is 72.6 Å². The zero-order valence-electron chi connectivity index (χ0n) is 26.4. The second-order valence-electron chi connectivity index (χ2n) is 12.6. The maximum atomic E-state index is 14.5. The molecule has 1 saturated heterocycles. The maximum absolute atomic E-state index is 14.5. The number of hydrogen-bond donors (Lipinski definition) is 1. The summed E-state index contributed by atoms with van der Waals surface area (Å²) in [7, 11) is 0. The number of hydrogen-bond acceptors (Lipinski definition) is 5. The third kappa shape index (κ3) is 7.81. The zero-order valence-corrected chi connectivity index (χ0v) is 28.0. The number of nitrogens with zero attached hydrogens (tertiary/aromatic N) is 2. The Kier molecular flexibility index (Phi) is 10.1. The number of aryl methyl sites for hydroxylation is 2. The van der Waals surface area contributed by atoms with Gasteiger partial charge in [0, 0.05) is 43.7 Å².